The fourth-order valence-electron chi connectivity index (χ4n) is 8.09. The van der Waals surface area contributed by atoms with E-state index in [0.29, 0.717) is 43.9 Å². The first kappa shape index (κ1) is 50.5. The minimum atomic E-state index is 0.603. The normalized spacial score (nSPS) is 11.7. The van der Waals surface area contributed by atoms with Crippen molar-refractivity contribution in [3.8, 4) is 0 Å². The molecule has 0 heterocycles. The fraction of sp³-hybridized carbons (Fsp3) is 0.111. The van der Waals surface area contributed by atoms with Gasteiger partial charge in [-0.25, -0.2) is 0 Å². The Morgan fingerprint density at radius 3 is 1.58 bits per heavy atom. The first-order chi connectivity index (χ1) is 33.1. The average Bonchev–Trinajstić information content (AvgIpc) is 3.33. The van der Waals surface area contributed by atoms with Crippen LogP contribution in [-0.2, 0) is 0 Å². The van der Waals surface area contributed by atoms with Crippen LogP contribution in [0.25, 0.3) is 56.2 Å². The summed E-state index contributed by atoms with van der Waals surface area (Å²) in [6.07, 6.45) is 0. The number of nitrogens with zero attached hydrogens (tertiary/aromatic N) is 8. The molecule has 0 aliphatic rings. The zero-order valence-corrected chi connectivity index (χ0v) is 43.7. The second-order valence-corrected chi connectivity index (χ2v) is 18.4. The molecule has 9 aromatic carbocycles. The van der Waals surface area contributed by atoms with Crippen molar-refractivity contribution in [3.63, 3.8) is 0 Å². The summed E-state index contributed by atoms with van der Waals surface area (Å²) >= 11 is 18.3. The molecule has 0 bridgehead atoms. The monoisotopic (exact) mass is 998 g/mol. The van der Waals surface area contributed by atoms with Gasteiger partial charge in [0.2, 0.25) is 0 Å². The highest BCUT2D eigenvalue weighted by atomic mass is 32.1. The summed E-state index contributed by atoms with van der Waals surface area (Å²) in [5.74, 6) is 0. The average molecular weight is 999 g/mol. The third kappa shape index (κ3) is 10.6. The second kappa shape index (κ2) is 21.9. The van der Waals surface area contributed by atoms with Crippen molar-refractivity contribution in [2.24, 2.45) is 40.9 Å². The summed E-state index contributed by atoms with van der Waals surface area (Å²) in [4.78, 5) is 2.84. The van der Waals surface area contributed by atoms with E-state index in [1.807, 2.05) is 113 Å². The molecular weight excluding hydrogens is 948 g/mol. The molecule has 9 rings (SSSR count). The van der Waals surface area contributed by atoms with Crippen LogP contribution in [0.5, 0.6) is 0 Å². The van der Waals surface area contributed by atoms with Gasteiger partial charge in [-0.2, -0.15) is 15.3 Å². The minimum Gasteiger partial charge on any atom is -0.399 e. The molecule has 0 saturated carbocycles. The zero-order chi connectivity index (χ0) is 49.7. The number of nitrogens with two attached hydrogens (primary N) is 2. The summed E-state index contributed by atoms with van der Waals surface area (Å²) in [5.41, 5.74) is 21.4. The number of anilines is 2. The van der Waals surface area contributed by atoms with Gasteiger partial charge in [0, 0.05) is 54.2 Å². The van der Waals surface area contributed by atoms with E-state index < -0.39 is 0 Å². The molecule has 10 nitrogen and oxygen atoms in total. The van der Waals surface area contributed by atoms with E-state index in [1.54, 1.807) is 25.2 Å². The molecule has 0 radical (unpaired) electrons. The van der Waals surface area contributed by atoms with Crippen LogP contribution in [0.15, 0.2) is 176 Å². The van der Waals surface area contributed by atoms with Gasteiger partial charge in [-0.15, -0.1) is 85.3 Å². The van der Waals surface area contributed by atoms with Crippen LogP contribution in [0.1, 0.15) is 30.5 Å². The molecule has 0 saturated heterocycles. The van der Waals surface area contributed by atoms with E-state index in [-0.39, 0.29) is 0 Å². The topological polar surface area (TPSA) is 151 Å². The van der Waals surface area contributed by atoms with Crippen molar-refractivity contribution in [3.05, 3.63) is 142 Å². The van der Waals surface area contributed by atoms with Gasteiger partial charge in [0.25, 0.3) is 0 Å². The number of rotatable bonds is 7. The lowest BCUT2D eigenvalue weighted by atomic mass is 9.98. The van der Waals surface area contributed by atoms with Crippen molar-refractivity contribution in [2.45, 2.75) is 54.2 Å². The van der Waals surface area contributed by atoms with Crippen molar-refractivity contribution in [1.82, 2.24) is 0 Å². The molecule has 15 heteroatoms. The zero-order valence-electron chi connectivity index (χ0n) is 39.0. The molecule has 0 aromatic heterocycles. The van der Waals surface area contributed by atoms with Gasteiger partial charge in [0.05, 0.1) is 28.4 Å². The van der Waals surface area contributed by atoms with Gasteiger partial charge in [0.1, 0.15) is 11.4 Å². The van der Waals surface area contributed by atoms with E-state index >= 15 is 0 Å². The molecule has 0 aliphatic heterocycles. The smallest absolute Gasteiger partial charge is 0.103 e. The summed E-state index contributed by atoms with van der Waals surface area (Å²) in [7, 11) is 4.30. The van der Waals surface area contributed by atoms with E-state index in [0.717, 1.165) is 102 Å². The van der Waals surface area contributed by atoms with Crippen LogP contribution >= 0.6 is 59.8 Å². The first-order valence-corrected chi connectivity index (χ1v) is 24.2. The highest BCUT2D eigenvalue weighted by Gasteiger charge is 2.16. The van der Waals surface area contributed by atoms with Crippen molar-refractivity contribution in [2.75, 3.05) is 18.5 Å². The lowest BCUT2D eigenvalue weighted by Gasteiger charge is -2.12. The van der Waals surface area contributed by atoms with Gasteiger partial charge in [-0.05, 0) is 153 Å². The minimum absolute atomic E-state index is 0.603. The number of benzene rings is 9. The third-order valence-electron chi connectivity index (χ3n) is 11.4. The standard InChI is InChI=1S/C33H26N6S2.C19H19N4PS2.C2H6/c1-17-22-6-4-5-7-23(22)18(2)25-15-21(9-10-24(17)25)36-39-33-19(3)32-26(16-31(33)41)28(13-11-27(32)35)37-38-29-12-8-20(34)14-30(29)40;1-10-4-6-14(21-22-15-7-5-12(24)8-16(15)25)13-9-17(26)19(23-20-3)11(2)18(10)13;1-2/h4-16,40-41H,1-2,34-35H2,3H3;4-9,25-26H,24H2,1-3H3;1-2H3. The number of hydrogen-bond acceptors (Lipinski definition) is 14. The van der Waals surface area contributed by atoms with Gasteiger partial charge in [0.15, 0.2) is 0 Å². The molecule has 1 unspecified atom stereocenters. The van der Waals surface area contributed by atoms with Crippen molar-refractivity contribution in [1.29, 1.82) is 0 Å². The van der Waals surface area contributed by atoms with E-state index in [1.165, 1.54) is 0 Å². The molecule has 1 atom stereocenters. The Balaban J connectivity index is 0.000000216. The van der Waals surface area contributed by atoms with Crippen molar-refractivity contribution >= 4 is 172 Å². The predicted molar refractivity (Wildman–Crippen MR) is 308 cm³/mol. The number of hydrogen-bond donors (Lipinski definition) is 6. The lowest BCUT2D eigenvalue weighted by Crippen LogP contribution is -2.12. The Morgan fingerprint density at radius 2 is 0.971 bits per heavy atom. The fourth-order valence-corrected chi connectivity index (χ4v) is 9.71. The van der Waals surface area contributed by atoms with Crippen LogP contribution in [0.3, 0.4) is 0 Å². The van der Waals surface area contributed by atoms with Crippen molar-refractivity contribution < 1.29 is 0 Å². The van der Waals surface area contributed by atoms with Crippen LogP contribution in [0, 0.1) is 20.8 Å². The molecule has 346 valence electrons. The van der Waals surface area contributed by atoms with Gasteiger partial charge in [-0.3, -0.25) is 0 Å². The predicted octanol–water partition coefficient (Wildman–Crippen LogP) is 16.5. The highest BCUT2D eigenvalue weighted by Crippen LogP contribution is 2.43. The van der Waals surface area contributed by atoms with Crippen LogP contribution in [0.4, 0.5) is 51.2 Å². The number of thiol groups is 4. The highest BCUT2D eigenvalue weighted by molar-refractivity contribution is 7.81. The molecular formula is C54H51N10PS4. The quantitative estimate of drug-likeness (QED) is 0.0310. The molecule has 69 heavy (non-hydrogen) atoms. The van der Waals surface area contributed by atoms with E-state index in [4.69, 9.17) is 24.1 Å². The molecule has 4 N–H and O–H groups in total. The first-order valence-electron chi connectivity index (χ1n) is 21.8. The second-order valence-electron chi connectivity index (χ2n) is 15.8. The molecule has 0 aliphatic carbocycles. The van der Waals surface area contributed by atoms with E-state index in [9.17, 15) is 0 Å². The summed E-state index contributed by atoms with van der Waals surface area (Å²) in [6.45, 7) is 18.7. The summed E-state index contributed by atoms with van der Waals surface area (Å²) in [5, 5.41) is 46.0. The van der Waals surface area contributed by atoms with Crippen LogP contribution in [-0.4, -0.2) is 7.05 Å². The van der Waals surface area contributed by atoms with Gasteiger partial charge < -0.3 is 11.5 Å². The number of fused-ring (bicyclic) bond motifs is 4. The summed E-state index contributed by atoms with van der Waals surface area (Å²) < 4.78 is 0. The lowest BCUT2D eigenvalue weighted by molar-refractivity contribution is 1.13. The maximum atomic E-state index is 6.43. The largest absolute Gasteiger partial charge is 0.399 e. The Hall–Kier alpha value is -6.41. The molecule has 9 aromatic rings. The maximum absolute atomic E-state index is 6.43. The van der Waals surface area contributed by atoms with Crippen LogP contribution < -0.4 is 27.2 Å². The summed E-state index contributed by atoms with van der Waals surface area (Å²) in [6, 6.07) is 36.7. The number of azo groups is 4. The molecule has 0 fully saturated rings. The maximum Gasteiger partial charge on any atom is 0.103 e. The van der Waals surface area contributed by atoms with Gasteiger partial charge >= 0.3 is 0 Å². The SMILES string of the molecule is C=c1c2ccccc2c(=C)c2cc(N=Nc3c(S)cc4c(N=Nc5ccc(N)cc5S)ccc(N)c4c3C)ccc12.CC.CN=Nc1c(S)cc2c(N=Nc3ccc(P)cc3S)ccc(C)c2c1C. The Labute approximate surface area is 425 Å². The molecule has 0 amide bonds. The molecule has 0 spiro atoms. The third-order valence-corrected chi connectivity index (χ3v) is 13.2. The van der Waals surface area contributed by atoms with Gasteiger partial charge in [-0.1, -0.05) is 69.5 Å². The Kier molecular flexibility index (Phi) is 16.0. The van der Waals surface area contributed by atoms with E-state index in [2.05, 4.69) is 120 Å². The number of aryl methyl sites for hydroxylation is 3. The van der Waals surface area contributed by atoms with Crippen LogP contribution in [0.2, 0.25) is 0 Å². The Morgan fingerprint density at radius 1 is 0.464 bits per heavy atom. The number of nitrogen functional groups attached to an aromatic ring is 2. The Bertz CT molecular complexity index is 3720.